The van der Waals surface area contributed by atoms with Crippen molar-refractivity contribution in [3.05, 3.63) is 24.3 Å². The van der Waals surface area contributed by atoms with Gasteiger partial charge in [-0.25, -0.2) is 0 Å². The van der Waals surface area contributed by atoms with Crippen molar-refractivity contribution in [2.45, 2.75) is 26.4 Å². The predicted molar refractivity (Wildman–Crippen MR) is 83.9 cm³/mol. The summed E-state index contributed by atoms with van der Waals surface area (Å²) < 4.78 is 10.3. The number of carbonyl (C=O) groups excluding carboxylic acids is 2. The van der Waals surface area contributed by atoms with Crippen molar-refractivity contribution in [2.24, 2.45) is 0 Å². The number of hydrogen-bond donors (Lipinski definition) is 1. The minimum Gasteiger partial charge on any atom is -0.453 e. The molecule has 6 nitrogen and oxygen atoms in total. The Morgan fingerprint density at radius 2 is 1.91 bits per heavy atom. The first kappa shape index (κ1) is 16.3. The van der Waals surface area contributed by atoms with E-state index in [-0.39, 0.29) is 18.3 Å². The molecule has 1 heterocycles. The van der Waals surface area contributed by atoms with Crippen LogP contribution in [0.3, 0.4) is 0 Å². The number of ether oxygens (including phenoxy) is 2. The predicted octanol–water partition coefficient (Wildman–Crippen LogP) is 1.80. The van der Waals surface area contributed by atoms with E-state index >= 15 is 0 Å². The quantitative estimate of drug-likeness (QED) is 0.840. The summed E-state index contributed by atoms with van der Waals surface area (Å²) in [4.78, 5) is 25.4. The fourth-order valence-electron chi connectivity index (χ4n) is 2.16. The van der Waals surface area contributed by atoms with Crippen LogP contribution < -0.4 is 10.2 Å². The molecule has 2 rings (SSSR count). The van der Waals surface area contributed by atoms with Crippen molar-refractivity contribution < 1.29 is 19.1 Å². The summed E-state index contributed by atoms with van der Waals surface area (Å²) in [6, 6.07) is 7.61. The van der Waals surface area contributed by atoms with E-state index in [9.17, 15) is 9.59 Å². The minimum atomic E-state index is -0.800. The Balaban J connectivity index is 1.90. The molecule has 1 atom stereocenters. The van der Waals surface area contributed by atoms with Gasteiger partial charge in [-0.05, 0) is 31.2 Å². The lowest BCUT2D eigenvalue weighted by molar-refractivity contribution is -0.152. The Kier molecular flexibility index (Phi) is 5.77. The molecule has 1 aliphatic heterocycles. The molecule has 1 saturated heterocycles. The van der Waals surface area contributed by atoms with Crippen LogP contribution in [0.5, 0.6) is 0 Å². The van der Waals surface area contributed by atoms with Crippen LogP contribution in [0, 0.1) is 0 Å². The molecule has 1 aliphatic rings. The van der Waals surface area contributed by atoms with E-state index in [0.717, 1.165) is 32.0 Å². The summed E-state index contributed by atoms with van der Waals surface area (Å²) in [5.41, 5.74) is 1.79. The summed E-state index contributed by atoms with van der Waals surface area (Å²) >= 11 is 0. The van der Waals surface area contributed by atoms with Crippen molar-refractivity contribution in [3.63, 3.8) is 0 Å². The van der Waals surface area contributed by atoms with E-state index in [1.54, 1.807) is 13.8 Å². The maximum Gasteiger partial charge on any atom is 0.306 e. The van der Waals surface area contributed by atoms with E-state index in [2.05, 4.69) is 10.2 Å². The number of hydrogen-bond acceptors (Lipinski definition) is 5. The van der Waals surface area contributed by atoms with Gasteiger partial charge in [0.05, 0.1) is 13.2 Å². The number of rotatable bonds is 5. The highest BCUT2D eigenvalue weighted by Crippen LogP contribution is 2.19. The highest BCUT2D eigenvalue weighted by atomic mass is 16.5. The number of carbonyl (C=O) groups is 2. The van der Waals surface area contributed by atoms with Gasteiger partial charge in [0.2, 0.25) is 0 Å². The zero-order valence-corrected chi connectivity index (χ0v) is 13.0. The van der Waals surface area contributed by atoms with Gasteiger partial charge >= 0.3 is 5.97 Å². The lowest BCUT2D eigenvalue weighted by Gasteiger charge is -2.28. The minimum absolute atomic E-state index is 0.256. The zero-order chi connectivity index (χ0) is 15.9. The molecular formula is C16H22N2O4. The summed E-state index contributed by atoms with van der Waals surface area (Å²) in [6.45, 7) is 6.46. The van der Waals surface area contributed by atoms with Gasteiger partial charge in [-0.3, -0.25) is 9.59 Å². The molecule has 1 aromatic rings. The largest absolute Gasteiger partial charge is 0.453 e. The Hall–Kier alpha value is -2.08. The van der Waals surface area contributed by atoms with E-state index < -0.39 is 6.10 Å². The van der Waals surface area contributed by atoms with Crippen LogP contribution in [0.25, 0.3) is 0 Å². The molecule has 0 bridgehead atoms. The first-order valence-corrected chi connectivity index (χ1v) is 7.53. The number of morpholine rings is 1. The van der Waals surface area contributed by atoms with E-state index in [0.29, 0.717) is 5.69 Å². The molecule has 0 unspecified atom stereocenters. The lowest BCUT2D eigenvalue weighted by Crippen LogP contribution is -2.36. The zero-order valence-electron chi connectivity index (χ0n) is 13.0. The fraction of sp³-hybridized carbons (Fsp3) is 0.500. The molecule has 0 aliphatic carbocycles. The highest BCUT2D eigenvalue weighted by molar-refractivity contribution is 5.95. The molecule has 22 heavy (non-hydrogen) atoms. The number of esters is 1. The topological polar surface area (TPSA) is 67.9 Å². The van der Waals surface area contributed by atoms with Crippen molar-refractivity contribution in [2.75, 3.05) is 36.5 Å². The van der Waals surface area contributed by atoms with Gasteiger partial charge < -0.3 is 19.7 Å². The van der Waals surface area contributed by atoms with Crippen LogP contribution in [0.4, 0.5) is 11.4 Å². The molecule has 0 aromatic heterocycles. The fourth-order valence-corrected chi connectivity index (χ4v) is 2.16. The average Bonchev–Trinajstić information content (AvgIpc) is 2.56. The summed E-state index contributed by atoms with van der Waals surface area (Å²) in [6.07, 6.45) is -0.544. The van der Waals surface area contributed by atoms with Crippen molar-refractivity contribution in [3.8, 4) is 0 Å². The lowest BCUT2D eigenvalue weighted by atomic mass is 10.2. The van der Waals surface area contributed by atoms with Crippen LogP contribution in [0.2, 0.25) is 0 Å². The molecule has 0 saturated carbocycles. The number of nitrogens with one attached hydrogen (secondary N) is 1. The SMILES string of the molecule is CCC(=O)O[C@@H](C)C(=O)Nc1ccc(N2CCOCC2)cc1. The second-order valence-electron chi connectivity index (χ2n) is 5.12. The maximum absolute atomic E-state index is 11.9. The molecule has 0 radical (unpaired) electrons. The van der Waals surface area contributed by atoms with Crippen LogP contribution in [-0.2, 0) is 19.1 Å². The molecule has 6 heteroatoms. The third-order valence-electron chi connectivity index (χ3n) is 3.48. The standard InChI is InChI=1S/C16H22N2O4/c1-3-15(19)22-12(2)16(20)17-13-4-6-14(7-5-13)18-8-10-21-11-9-18/h4-7,12H,3,8-11H2,1-2H3,(H,17,20)/t12-/m0/s1. The molecule has 0 spiro atoms. The second kappa shape index (κ2) is 7.79. The van der Waals surface area contributed by atoms with Crippen molar-refractivity contribution >= 4 is 23.3 Å². The van der Waals surface area contributed by atoms with Gasteiger partial charge in [0, 0.05) is 30.9 Å². The molecule has 1 aromatic carbocycles. The molecule has 120 valence electrons. The molecule has 1 fully saturated rings. The Morgan fingerprint density at radius 1 is 1.27 bits per heavy atom. The first-order chi connectivity index (χ1) is 10.6. The summed E-state index contributed by atoms with van der Waals surface area (Å²) in [5, 5.41) is 2.74. The number of benzene rings is 1. The van der Waals surface area contributed by atoms with Crippen LogP contribution in [0.1, 0.15) is 20.3 Å². The van der Waals surface area contributed by atoms with Crippen molar-refractivity contribution in [1.29, 1.82) is 0 Å². The van der Waals surface area contributed by atoms with Crippen LogP contribution >= 0.6 is 0 Å². The summed E-state index contributed by atoms with van der Waals surface area (Å²) in [7, 11) is 0. The van der Waals surface area contributed by atoms with Crippen LogP contribution in [-0.4, -0.2) is 44.3 Å². The van der Waals surface area contributed by atoms with Gasteiger partial charge in [0.15, 0.2) is 6.10 Å². The number of anilines is 2. The smallest absolute Gasteiger partial charge is 0.306 e. The highest BCUT2D eigenvalue weighted by Gasteiger charge is 2.17. The van der Waals surface area contributed by atoms with Gasteiger partial charge in [-0.15, -0.1) is 0 Å². The first-order valence-electron chi connectivity index (χ1n) is 7.53. The third-order valence-corrected chi connectivity index (χ3v) is 3.48. The van der Waals surface area contributed by atoms with E-state index in [1.165, 1.54) is 0 Å². The summed E-state index contributed by atoms with van der Waals surface area (Å²) in [5.74, 6) is -0.716. The monoisotopic (exact) mass is 306 g/mol. The van der Waals surface area contributed by atoms with Crippen molar-refractivity contribution in [1.82, 2.24) is 0 Å². The van der Waals surface area contributed by atoms with Gasteiger partial charge in [0.1, 0.15) is 0 Å². The van der Waals surface area contributed by atoms with Crippen LogP contribution in [0.15, 0.2) is 24.3 Å². The van der Waals surface area contributed by atoms with Gasteiger partial charge in [-0.1, -0.05) is 6.92 Å². The number of nitrogens with zero attached hydrogens (tertiary/aromatic N) is 1. The van der Waals surface area contributed by atoms with Gasteiger partial charge in [0.25, 0.3) is 5.91 Å². The third kappa shape index (κ3) is 4.46. The maximum atomic E-state index is 11.9. The van der Waals surface area contributed by atoms with E-state index in [1.807, 2.05) is 24.3 Å². The Morgan fingerprint density at radius 3 is 2.50 bits per heavy atom. The van der Waals surface area contributed by atoms with E-state index in [4.69, 9.17) is 9.47 Å². The Labute approximate surface area is 130 Å². The molecular weight excluding hydrogens is 284 g/mol. The second-order valence-corrected chi connectivity index (χ2v) is 5.12. The van der Waals surface area contributed by atoms with Gasteiger partial charge in [-0.2, -0.15) is 0 Å². The molecule has 1 amide bonds. The average molecular weight is 306 g/mol. The Bertz CT molecular complexity index is 509. The number of amides is 1. The normalized spacial score (nSPS) is 16.0. The molecule has 1 N–H and O–H groups in total.